The topological polar surface area (TPSA) is 26.0 Å². The summed E-state index contributed by atoms with van der Waals surface area (Å²) in [5, 5.41) is 4.76. The third-order valence-electron chi connectivity index (χ3n) is 2.20. The fraction of sp³-hybridized carbons (Fsp3) is 0.0909. The smallest absolute Gasteiger partial charge is 0.0575 e. The van der Waals surface area contributed by atoms with Gasteiger partial charge in [0.25, 0.3) is 0 Å². The van der Waals surface area contributed by atoms with Crippen LogP contribution in [-0.2, 0) is 0 Å². The first kappa shape index (κ1) is 11.1. The third kappa shape index (κ3) is 2.42. The molecule has 0 aliphatic rings. The average Bonchev–Trinajstić information content (AvgIpc) is 2.74. The van der Waals surface area contributed by atoms with E-state index in [0.717, 1.165) is 15.6 Å². The number of hydrogen-bond donors (Lipinski definition) is 1. The third-order valence-corrected chi connectivity index (χ3v) is 3.73. The highest BCUT2D eigenvalue weighted by Crippen LogP contribution is 2.29. The summed E-state index contributed by atoms with van der Waals surface area (Å²) in [6.07, 6.45) is 0. The molecule has 0 radical (unpaired) electrons. The number of nitrogens with two attached hydrogens (primary N) is 1. The van der Waals surface area contributed by atoms with Crippen LogP contribution in [0.2, 0.25) is 5.02 Å². The van der Waals surface area contributed by atoms with Crippen LogP contribution in [0.1, 0.15) is 17.2 Å². The minimum Gasteiger partial charge on any atom is -0.320 e. The normalized spacial score (nSPS) is 12.7. The van der Waals surface area contributed by atoms with Gasteiger partial charge in [-0.1, -0.05) is 27.5 Å². The van der Waals surface area contributed by atoms with Gasteiger partial charge in [0.05, 0.1) is 6.04 Å². The van der Waals surface area contributed by atoms with Crippen molar-refractivity contribution in [2.45, 2.75) is 6.04 Å². The fourth-order valence-electron chi connectivity index (χ4n) is 1.38. The summed E-state index contributed by atoms with van der Waals surface area (Å²) in [7, 11) is 0. The number of halogens is 2. The molecule has 1 heterocycles. The summed E-state index contributed by atoms with van der Waals surface area (Å²) < 4.78 is 0.993. The number of hydrogen-bond acceptors (Lipinski definition) is 2. The van der Waals surface area contributed by atoms with E-state index in [2.05, 4.69) is 15.9 Å². The van der Waals surface area contributed by atoms with Crippen LogP contribution >= 0.6 is 38.9 Å². The molecule has 15 heavy (non-hydrogen) atoms. The molecule has 0 aliphatic heterocycles. The van der Waals surface area contributed by atoms with Crippen molar-refractivity contribution in [1.82, 2.24) is 0 Å². The monoisotopic (exact) mass is 301 g/mol. The highest BCUT2D eigenvalue weighted by molar-refractivity contribution is 9.10. The van der Waals surface area contributed by atoms with Crippen LogP contribution in [0.25, 0.3) is 0 Å². The average molecular weight is 303 g/mol. The minimum absolute atomic E-state index is 0.152. The van der Waals surface area contributed by atoms with E-state index in [0.29, 0.717) is 5.02 Å². The molecular formula is C11H9BrClNS. The predicted octanol–water partition coefficient (Wildman–Crippen LogP) is 4.21. The van der Waals surface area contributed by atoms with Crippen LogP contribution in [0.5, 0.6) is 0 Å². The van der Waals surface area contributed by atoms with Gasteiger partial charge in [0, 0.05) is 9.50 Å². The standard InChI is InChI=1S/C11H9BrClNS/c12-8-1-2-10(13)9(5-8)11(14)7-3-4-15-6-7/h1-6,11H,14H2. The molecule has 1 atom stereocenters. The molecule has 0 aliphatic carbocycles. The van der Waals surface area contributed by atoms with Crippen LogP contribution < -0.4 is 5.73 Å². The second-order valence-electron chi connectivity index (χ2n) is 3.20. The molecule has 2 aromatic rings. The van der Waals surface area contributed by atoms with Crippen molar-refractivity contribution in [2.24, 2.45) is 5.73 Å². The van der Waals surface area contributed by atoms with Gasteiger partial charge in [-0.25, -0.2) is 0 Å². The van der Waals surface area contributed by atoms with Crippen molar-refractivity contribution in [3.8, 4) is 0 Å². The first-order valence-electron chi connectivity index (χ1n) is 4.41. The molecule has 4 heteroatoms. The van der Waals surface area contributed by atoms with Gasteiger partial charge in [0.2, 0.25) is 0 Å². The van der Waals surface area contributed by atoms with Crippen LogP contribution in [0, 0.1) is 0 Å². The highest BCUT2D eigenvalue weighted by atomic mass is 79.9. The Labute approximate surface area is 106 Å². The Morgan fingerprint density at radius 2 is 2.13 bits per heavy atom. The Kier molecular flexibility index (Phi) is 3.46. The van der Waals surface area contributed by atoms with E-state index in [4.69, 9.17) is 17.3 Å². The summed E-state index contributed by atoms with van der Waals surface area (Å²) in [5.74, 6) is 0. The van der Waals surface area contributed by atoms with E-state index in [1.165, 1.54) is 0 Å². The van der Waals surface area contributed by atoms with Crippen molar-refractivity contribution < 1.29 is 0 Å². The second-order valence-corrected chi connectivity index (χ2v) is 5.30. The molecule has 1 nitrogen and oxygen atoms in total. The van der Waals surface area contributed by atoms with E-state index < -0.39 is 0 Å². The molecule has 1 aromatic carbocycles. The zero-order valence-corrected chi connectivity index (χ0v) is 10.9. The maximum atomic E-state index is 6.13. The predicted molar refractivity (Wildman–Crippen MR) is 69.5 cm³/mol. The SMILES string of the molecule is NC(c1ccsc1)c1cc(Br)ccc1Cl. The van der Waals surface area contributed by atoms with Gasteiger partial charge in [-0.15, -0.1) is 0 Å². The zero-order valence-electron chi connectivity index (χ0n) is 7.78. The summed E-state index contributed by atoms with van der Waals surface area (Å²) >= 11 is 11.2. The van der Waals surface area contributed by atoms with Gasteiger partial charge >= 0.3 is 0 Å². The van der Waals surface area contributed by atoms with Gasteiger partial charge in [-0.2, -0.15) is 11.3 Å². The molecule has 0 saturated heterocycles. The quantitative estimate of drug-likeness (QED) is 0.883. The van der Waals surface area contributed by atoms with Gasteiger partial charge < -0.3 is 5.73 Å². The Bertz CT molecular complexity index is 456. The van der Waals surface area contributed by atoms with E-state index in [1.54, 1.807) is 11.3 Å². The van der Waals surface area contributed by atoms with E-state index in [9.17, 15) is 0 Å². The molecule has 1 aromatic heterocycles. The number of thiophene rings is 1. The first-order chi connectivity index (χ1) is 7.18. The Morgan fingerprint density at radius 3 is 2.80 bits per heavy atom. The lowest BCUT2D eigenvalue weighted by Crippen LogP contribution is -2.11. The van der Waals surface area contributed by atoms with Crippen LogP contribution in [0.3, 0.4) is 0 Å². The highest BCUT2D eigenvalue weighted by Gasteiger charge is 2.12. The molecule has 0 fully saturated rings. The summed E-state index contributed by atoms with van der Waals surface area (Å²) in [6.45, 7) is 0. The van der Waals surface area contributed by atoms with Crippen molar-refractivity contribution in [1.29, 1.82) is 0 Å². The van der Waals surface area contributed by atoms with E-state index in [1.807, 2.05) is 35.0 Å². The van der Waals surface area contributed by atoms with Crippen LogP contribution in [0.4, 0.5) is 0 Å². The Hall–Kier alpha value is -0.350. The van der Waals surface area contributed by atoms with Crippen molar-refractivity contribution in [3.63, 3.8) is 0 Å². The molecule has 0 saturated carbocycles. The molecule has 78 valence electrons. The maximum absolute atomic E-state index is 6.13. The zero-order chi connectivity index (χ0) is 10.8. The van der Waals surface area contributed by atoms with Crippen LogP contribution in [-0.4, -0.2) is 0 Å². The molecule has 0 amide bonds. The minimum atomic E-state index is -0.152. The Balaban J connectivity index is 2.41. The molecular weight excluding hydrogens is 294 g/mol. The molecule has 1 unspecified atom stereocenters. The molecule has 2 rings (SSSR count). The lowest BCUT2D eigenvalue weighted by Gasteiger charge is -2.12. The molecule has 2 N–H and O–H groups in total. The second kappa shape index (κ2) is 4.66. The van der Waals surface area contributed by atoms with Gasteiger partial charge in [-0.3, -0.25) is 0 Å². The lowest BCUT2D eigenvalue weighted by atomic mass is 10.0. The Morgan fingerprint density at radius 1 is 1.33 bits per heavy atom. The maximum Gasteiger partial charge on any atom is 0.0575 e. The van der Waals surface area contributed by atoms with Gasteiger partial charge in [0.15, 0.2) is 0 Å². The number of rotatable bonds is 2. The summed E-state index contributed by atoms with van der Waals surface area (Å²) in [5.41, 5.74) is 8.18. The molecule has 0 spiro atoms. The summed E-state index contributed by atoms with van der Waals surface area (Å²) in [6, 6.07) is 7.60. The van der Waals surface area contributed by atoms with Crippen molar-refractivity contribution in [3.05, 3.63) is 55.6 Å². The van der Waals surface area contributed by atoms with Gasteiger partial charge in [0.1, 0.15) is 0 Å². The van der Waals surface area contributed by atoms with E-state index in [-0.39, 0.29) is 6.04 Å². The van der Waals surface area contributed by atoms with Crippen LogP contribution in [0.15, 0.2) is 39.5 Å². The van der Waals surface area contributed by atoms with Crippen molar-refractivity contribution >= 4 is 38.9 Å². The fourth-order valence-corrected chi connectivity index (χ4v) is 2.69. The van der Waals surface area contributed by atoms with E-state index >= 15 is 0 Å². The van der Waals surface area contributed by atoms with Crippen molar-refractivity contribution in [2.75, 3.05) is 0 Å². The molecule has 0 bridgehead atoms. The summed E-state index contributed by atoms with van der Waals surface area (Å²) in [4.78, 5) is 0. The first-order valence-corrected chi connectivity index (χ1v) is 6.52. The number of benzene rings is 1. The lowest BCUT2D eigenvalue weighted by molar-refractivity contribution is 0.876. The largest absolute Gasteiger partial charge is 0.320 e. The van der Waals surface area contributed by atoms with Gasteiger partial charge in [-0.05, 0) is 46.2 Å².